The third-order valence-corrected chi connectivity index (χ3v) is 3.09. The van der Waals surface area contributed by atoms with E-state index in [1.54, 1.807) is 36.4 Å². The number of hydrogen-bond acceptors (Lipinski definition) is 4. The summed E-state index contributed by atoms with van der Waals surface area (Å²) < 4.78 is 16.4. The number of carbonyl (C=O) groups excluding carboxylic acids is 1. The van der Waals surface area contributed by atoms with Crippen LogP contribution < -0.4 is 14.2 Å². The van der Waals surface area contributed by atoms with Gasteiger partial charge in [0.15, 0.2) is 0 Å². The van der Waals surface area contributed by atoms with E-state index in [-0.39, 0.29) is 0 Å². The monoisotopic (exact) mass is 336 g/mol. The lowest BCUT2D eigenvalue weighted by Crippen LogP contribution is -2.09. The lowest BCUT2D eigenvalue weighted by Gasteiger charge is -2.08. The van der Waals surface area contributed by atoms with Crippen molar-refractivity contribution in [3.63, 3.8) is 0 Å². The van der Waals surface area contributed by atoms with Crippen LogP contribution in [0.3, 0.4) is 0 Å². The molecule has 0 amide bonds. The second kappa shape index (κ2) is 6.43. The van der Waals surface area contributed by atoms with Gasteiger partial charge in [0.25, 0.3) is 0 Å². The number of ether oxygens (including phenoxy) is 3. The SMILES string of the molecule is COc1cc(OC)cc(C(=O)Oc2cccc(Br)c2)c1. The molecule has 104 valence electrons. The van der Waals surface area contributed by atoms with E-state index in [4.69, 9.17) is 14.2 Å². The first-order chi connectivity index (χ1) is 9.62. The summed E-state index contributed by atoms with van der Waals surface area (Å²) >= 11 is 3.32. The van der Waals surface area contributed by atoms with Crippen LogP contribution in [0.1, 0.15) is 10.4 Å². The first-order valence-corrected chi connectivity index (χ1v) is 6.62. The second-order valence-electron chi connectivity index (χ2n) is 3.95. The highest BCUT2D eigenvalue weighted by molar-refractivity contribution is 9.10. The topological polar surface area (TPSA) is 44.8 Å². The fourth-order valence-electron chi connectivity index (χ4n) is 1.62. The van der Waals surface area contributed by atoms with Crippen molar-refractivity contribution in [1.29, 1.82) is 0 Å². The molecule has 0 aliphatic rings. The molecule has 5 heteroatoms. The summed E-state index contributed by atoms with van der Waals surface area (Å²) in [6.45, 7) is 0. The second-order valence-corrected chi connectivity index (χ2v) is 4.86. The molecule has 0 bridgehead atoms. The third kappa shape index (κ3) is 3.51. The molecule has 0 aromatic heterocycles. The Labute approximate surface area is 125 Å². The van der Waals surface area contributed by atoms with Crippen molar-refractivity contribution in [3.8, 4) is 17.2 Å². The van der Waals surface area contributed by atoms with Crippen molar-refractivity contribution in [3.05, 3.63) is 52.5 Å². The summed E-state index contributed by atoms with van der Waals surface area (Å²) in [7, 11) is 3.05. The predicted octanol–water partition coefficient (Wildman–Crippen LogP) is 3.69. The molecule has 0 radical (unpaired) electrons. The molecule has 0 heterocycles. The number of carbonyl (C=O) groups is 1. The van der Waals surface area contributed by atoms with Gasteiger partial charge in [-0.05, 0) is 30.3 Å². The molecule has 20 heavy (non-hydrogen) atoms. The van der Waals surface area contributed by atoms with Gasteiger partial charge >= 0.3 is 5.97 Å². The zero-order chi connectivity index (χ0) is 14.5. The molecule has 2 aromatic carbocycles. The minimum atomic E-state index is -0.472. The largest absolute Gasteiger partial charge is 0.497 e. The van der Waals surface area contributed by atoms with E-state index in [1.807, 2.05) is 6.07 Å². The molecule has 0 spiro atoms. The highest BCUT2D eigenvalue weighted by Gasteiger charge is 2.12. The molecular formula is C15H13BrO4. The van der Waals surface area contributed by atoms with Crippen molar-refractivity contribution < 1.29 is 19.0 Å². The van der Waals surface area contributed by atoms with Crippen LogP contribution in [0.2, 0.25) is 0 Å². The van der Waals surface area contributed by atoms with Gasteiger partial charge in [-0.1, -0.05) is 22.0 Å². The Balaban J connectivity index is 2.24. The summed E-state index contributed by atoms with van der Waals surface area (Å²) in [6.07, 6.45) is 0. The van der Waals surface area contributed by atoms with Crippen LogP contribution in [0.25, 0.3) is 0 Å². The molecule has 2 rings (SSSR count). The molecule has 0 saturated carbocycles. The standard InChI is InChI=1S/C15H13BrO4/c1-18-13-6-10(7-14(9-13)19-2)15(17)20-12-5-3-4-11(16)8-12/h3-9H,1-2H3. The minimum absolute atomic E-state index is 0.362. The number of esters is 1. The van der Waals surface area contributed by atoms with Gasteiger partial charge < -0.3 is 14.2 Å². The Morgan fingerprint density at radius 2 is 1.60 bits per heavy atom. The quantitative estimate of drug-likeness (QED) is 0.631. The summed E-state index contributed by atoms with van der Waals surface area (Å²) in [4.78, 5) is 12.1. The average Bonchev–Trinajstić information content (AvgIpc) is 2.46. The van der Waals surface area contributed by atoms with Gasteiger partial charge in [-0.25, -0.2) is 4.79 Å². The Kier molecular flexibility index (Phi) is 4.63. The van der Waals surface area contributed by atoms with E-state index in [1.165, 1.54) is 14.2 Å². The highest BCUT2D eigenvalue weighted by Crippen LogP contribution is 2.24. The molecule has 0 atom stereocenters. The lowest BCUT2D eigenvalue weighted by atomic mass is 10.2. The van der Waals surface area contributed by atoms with Gasteiger partial charge in [0, 0.05) is 10.5 Å². The molecule has 0 fully saturated rings. The Morgan fingerprint density at radius 1 is 0.950 bits per heavy atom. The maximum atomic E-state index is 12.1. The van der Waals surface area contributed by atoms with Gasteiger partial charge in [0.05, 0.1) is 19.8 Å². The molecule has 4 nitrogen and oxygen atoms in total. The Hall–Kier alpha value is -2.01. The maximum absolute atomic E-state index is 12.1. The van der Waals surface area contributed by atoms with Gasteiger partial charge in [0.2, 0.25) is 0 Å². The smallest absolute Gasteiger partial charge is 0.343 e. The average molecular weight is 337 g/mol. The number of hydrogen-bond donors (Lipinski definition) is 0. The number of rotatable bonds is 4. The van der Waals surface area contributed by atoms with Crippen LogP contribution in [0, 0.1) is 0 Å². The van der Waals surface area contributed by atoms with E-state index < -0.39 is 5.97 Å². The van der Waals surface area contributed by atoms with E-state index in [2.05, 4.69) is 15.9 Å². The first-order valence-electron chi connectivity index (χ1n) is 5.83. The Morgan fingerprint density at radius 3 is 2.15 bits per heavy atom. The maximum Gasteiger partial charge on any atom is 0.343 e. The van der Waals surface area contributed by atoms with Gasteiger partial charge in [-0.15, -0.1) is 0 Å². The van der Waals surface area contributed by atoms with Gasteiger partial charge in [0.1, 0.15) is 17.2 Å². The summed E-state index contributed by atoms with van der Waals surface area (Å²) in [5.74, 6) is 1.06. The highest BCUT2D eigenvalue weighted by atomic mass is 79.9. The van der Waals surface area contributed by atoms with Crippen LogP contribution in [-0.4, -0.2) is 20.2 Å². The number of benzene rings is 2. The van der Waals surface area contributed by atoms with Crippen LogP contribution in [0.5, 0.6) is 17.2 Å². The van der Waals surface area contributed by atoms with Crippen molar-refractivity contribution in [2.45, 2.75) is 0 Å². The summed E-state index contributed by atoms with van der Waals surface area (Å²) in [5.41, 5.74) is 0.362. The fraction of sp³-hybridized carbons (Fsp3) is 0.133. The Bertz CT molecular complexity index is 603. The minimum Gasteiger partial charge on any atom is -0.497 e. The summed E-state index contributed by atoms with van der Waals surface area (Å²) in [6, 6.07) is 12.0. The number of halogens is 1. The van der Waals surface area contributed by atoms with Crippen molar-refractivity contribution in [2.75, 3.05) is 14.2 Å². The molecule has 0 N–H and O–H groups in total. The first kappa shape index (κ1) is 14.4. The molecule has 0 aliphatic heterocycles. The van der Waals surface area contributed by atoms with Crippen molar-refractivity contribution in [1.82, 2.24) is 0 Å². The van der Waals surface area contributed by atoms with Gasteiger partial charge in [-0.3, -0.25) is 0 Å². The molecule has 0 aliphatic carbocycles. The number of methoxy groups -OCH3 is 2. The van der Waals surface area contributed by atoms with Crippen LogP contribution >= 0.6 is 15.9 Å². The third-order valence-electron chi connectivity index (χ3n) is 2.59. The van der Waals surface area contributed by atoms with Crippen LogP contribution in [-0.2, 0) is 0 Å². The van der Waals surface area contributed by atoms with E-state index in [9.17, 15) is 4.79 Å². The summed E-state index contributed by atoms with van der Waals surface area (Å²) in [5, 5.41) is 0. The van der Waals surface area contributed by atoms with E-state index >= 15 is 0 Å². The van der Waals surface area contributed by atoms with Gasteiger partial charge in [-0.2, -0.15) is 0 Å². The van der Waals surface area contributed by atoms with E-state index in [0.717, 1.165) is 4.47 Å². The van der Waals surface area contributed by atoms with Crippen molar-refractivity contribution >= 4 is 21.9 Å². The predicted molar refractivity (Wildman–Crippen MR) is 78.6 cm³/mol. The lowest BCUT2D eigenvalue weighted by molar-refractivity contribution is 0.0734. The van der Waals surface area contributed by atoms with E-state index in [0.29, 0.717) is 22.8 Å². The normalized spacial score (nSPS) is 9.95. The molecule has 0 saturated heterocycles. The van der Waals surface area contributed by atoms with Crippen LogP contribution in [0.4, 0.5) is 0 Å². The molecule has 0 unspecified atom stereocenters. The zero-order valence-corrected chi connectivity index (χ0v) is 12.6. The van der Waals surface area contributed by atoms with Crippen molar-refractivity contribution in [2.24, 2.45) is 0 Å². The molecular weight excluding hydrogens is 324 g/mol. The zero-order valence-electron chi connectivity index (χ0n) is 11.1. The molecule has 2 aromatic rings. The van der Waals surface area contributed by atoms with Crippen LogP contribution in [0.15, 0.2) is 46.9 Å². The fourth-order valence-corrected chi connectivity index (χ4v) is 2.00.